The molecular formula is C32H40I2S2. The summed E-state index contributed by atoms with van der Waals surface area (Å²) >= 11 is 9.59. The molecule has 0 nitrogen and oxygen atoms in total. The molecular weight excluding hydrogens is 702 g/mol. The summed E-state index contributed by atoms with van der Waals surface area (Å²) < 4.78 is 0.269. The molecule has 2 heterocycles. The molecule has 4 heteroatoms. The van der Waals surface area contributed by atoms with Gasteiger partial charge in [0, 0.05) is 9.75 Å². The average Bonchev–Trinajstić information content (AvgIpc) is 3.64. The van der Waals surface area contributed by atoms with Gasteiger partial charge in [0.1, 0.15) is 0 Å². The molecule has 194 valence electrons. The van der Waals surface area contributed by atoms with Gasteiger partial charge >= 0.3 is 0 Å². The molecule has 5 rings (SSSR count). The highest BCUT2D eigenvalue weighted by Gasteiger charge is 2.47. The maximum Gasteiger partial charge on any atom is 0.0739 e. The first-order chi connectivity index (χ1) is 17.5. The Morgan fingerprint density at radius 3 is 1.36 bits per heavy atom. The van der Waals surface area contributed by atoms with Crippen molar-refractivity contribution in [3.8, 4) is 20.9 Å². The zero-order chi connectivity index (χ0) is 25.2. The summed E-state index contributed by atoms with van der Waals surface area (Å²) in [5, 5.41) is 4.67. The molecule has 2 aromatic heterocycles. The van der Waals surface area contributed by atoms with Crippen LogP contribution in [0.15, 0.2) is 35.0 Å². The predicted octanol–water partition coefficient (Wildman–Crippen LogP) is 12.6. The Morgan fingerprint density at radius 2 is 0.944 bits per heavy atom. The molecule has 0 aliphatic heterocycles. The fourth-order valence-electron chi connectivity index (χ4n) is 6.42. The molecule has 1 aromatic carbocycles. The summed E-state index contributed by atoms with van der Waals surface area (Å²) in [5.41, 5.74) is 9.44. The van der Waals surface area contributed by atoms with E-state index in [0.717, 1.165) is 0 Å². The van der Waals surface area contributed by atoms with E-state index in [9.17, 15) is 0 Å². The first-order valence-electron chi connectivity index (χ1n) is 14.3. The van der Waals surface area contributed by atoms with Crippen LogP contribution < -0.4 is 0 Å². The fraction of sp³-hybridized carbons (Fsp3) is 0.562. The maximum absolute atomic E-state index is 2.83. The molecule has 2 aliphatic rings. The minimum atomic E-state index is 0.134. The molecule has 0 fully saturated rings. The first kappa shape index (κ1) is 27.6. The third-order valence-electron chi connectivity index (χ3n) is 8.43. The maximum atomic E-state index is 2.83. The number of alkyl halides is 2. The van der Waals surface area contributed by atoms with Gasteiger partial charge in [-0.25, -0.2) is 0 Å². The summed E-state index contributed by atoms with van der Waals surface area (Å²) in [6.07, 6.45) is 18.9. The lowest BCUT2D eigenvalue weighted by Gasteiger charge is -2.27. The number of hydrogen-bond acceptors (Lipinski definition) is 2. The molecule has 3 aromatic rings. The number of unbranched alkanes of at least 4 members (excludes halogenated alkanes) is 10. The van der Waals surface area contributed by atoms with E-state index in [0.29, 0.717) is 0 Å². The highest BCUT2D eigenvalue weighted by atomic mass is 127. The van der Waals surface area contributed by atoms with Crippen molar-refractivity contribution >= 4 is 67.9 Å². The lowest BCUT2D eigenvalue weighted by Crippen LogP contribution is -2.18. The molecule has 0 saturated heterocycles. The van der Waals surface area contributed by atoms with Gasteiger partial charge < -0.3 is 0 Å². The lowest BCUT2D eigenvalue weighted by molar-refractivity contribution is 0.562. The Kier molecular flexibility index (Phi) is 9.27. The van der Waals surface area contributed by atoms with Gasteiger partial charge in [0.2, 0.25) is 0 Å². The van der Waals surface area contributed by atoms with E-state index < -0.39 is 0 Å². The standard InChI is InChI=1S/C32H40I2S2/c1-3-5-7-9-11-13-17-31(33)25-15-19-35-29(25)23-22-28-24(21-27(23)31)30-26(16-20-36-30)32(28,34)18-14-12-10-8-6-4-2/h15-16,19-22H,3-14,17-18H2,1-2H3. The Hall–Kier alpha value is 0.0800. The van der Waals surface area contributed by atoms with Crippen LogP contribution >= 0.6 is 67.9 Å². The highest BCUT2D eigenvalue weighted by molar-refractivity contribution is 14.1. The summed E-state index contributed by atoms with van der Waals surface area (Å²) in [6, 6.07) is 10.1. The minimum absolute atomic E-state index is 0.134. The van der Waals surface area contributed by atoms with Gasteiger partial charge in [-0.05, 0) is 81.2 Å². The topological polar surface area (TPSA) is 0 Å². The van der Waals surface area contributed by atoms with E-state index in [1.807, 2.05) is 22.7 Å². The number of thiophene rings is 2. The van der Waals surface area contributed by atoms with Crippen LogP contribution in [0.1, 0.15) is 126 Å². The fourth-order valence-corrected chi connectivity index (χ4v) is 11.3. The van der Waals surface area contributed by atoms with E-state index in [1.165, 1.54) is 89.9 Å². The summed E-state index contributed by atoms with van der Waals surface area (Å²) in [5.74, 6) is 0. The molecule has 0 saturated carbocycles. The van der Waals surface area contributed by atoms with Crippen LogP contribution in [0.25, 0.3) is 20.9 Å². The van der Waals surface area contributed by atoms with Crippen LogP contribution in [0.3, 0.4) is 0 Å². The summed E-state index contributed by atoms with van der Waals surface area (Å²) in [4.78, 5) is 3.09. The molecule has 36 heavy (non-hydrogen) atoms. The third kappa shape index (κ3) is 5.03. The zero-order valence-corrected chi connectivity index (χ0v) is 27.9. The van der Waals surface area contributed by atoms with Gasteiger partial charge in [-0.15, -0.1) is 22.7 Å². The van der Waals surface area contributed by atoms with Crippen LogP contribution in [-0.2, 0) is 6.84 Å². The second-order valence-electron chi connectivity index (χ2n) is 10.9. The van der Waals surface area contributed by atoms with Gasteiger partial charge in [0.05, 0.1) is 6.84 Å². The van der Waals surface area contributed by atoms with Crippen molar-refractivity contribution in [3.63, 3.8) is 0 Å². The quantitative estimate of drug-likeness (QED) is 0.0877. The number of benzene rings is 1. The molecule has 0 bridgehead atoms. The van der Waals surface area contributed by atoms with Gasteiger partial charge in [-0.3, -0.25) is 0 Å². The van der Waals surface area contributed by atoms with Crippen molar-refractivity contribution in [2.75, 3.05) is 0 Å². The van der Waals surface area contributed by atoms with Gasteiger partial charge in [0.15, 0.2) is 0 Å². The van der Waals surface area contributed by atoms with Crippen LogP contribution in [0, 0.1) is 0 Å². The van der Waals surface area contributed by atoms with E-state index in [2.05, 4.69) is 94.1 Å². The van der Waals surface area contributed by atoms with E-state index >= 15 is 0 Å². The smallest absolute Gasteiger partial charge is 0.0739 e. The minimum Gasteiger partial charge on any atom is -0.143 e. The van der Waals surface area contributed by atoms with Crippen molar-refractivity contribution < 1.29 is 0 Å². The average molecular weight is 743 g/mol. The molecule has 0 radical (unpaired) electrons. The normalized spacial score (nSPS) is 21.4. The summed E-state index contributed by atoms with van der Waals surface area (Å²) in [6.45, 7) is 4.62. The van der Waals surface area contributed by atoms with Crippen LogP contribution in [0.2, 0.25) is 0 Å². The molecule has 2 unspecified atom stereocenters. The van der Waals surface area contributed by atoms with E-state index in [-0.39, 0.29) is 6.84 Å². The second kappa shape index (κ2) is 12.1. The molecule has 2 atom stereocenters. The second-order valence-corrected chi connectivity index (χ2v) is 16.4. The van der Waals surface area contributed by atoms with E-state index in [1.54, 1.807) is 43.1 Å². The van der Waals surface area contributed by atoms with Gasteiger partial charge in [-0.2, -0.15) is 0 Å². The highest BCUT2D eigenvalue weighted by Crippen LogP contribution is 2.63. The lowest BCUT2D eigenvalue weighted by atomic mass is 9.87. The number of fused-ring (bicyclic) bond motifs is 6. The van der Waals surface area contributed by atoms with Gasteiger partial charge in [-0.1, -0.05) is 136 Å². The largest absolute Gasteiger partial charge is 0.143 e. The van der Waals surface area contributed by atoms with Crippen molar-refractivity contribution in [3.05, 3.63) is 57.3 Å². The molecule has 0 N–H and O–H groups in total. The Balaban J connectivity index is 1.42. The predicted molar refractivity (Wildman–Crippen MR) is 179 cm³/mol. The number of rotatable bonds is 14. The molecule has 2 aliphatic carbocycles. The van der Waals surface area contributed by atoms with Gasteiger partial charge in [0.25, 0.3) is 0 Å². The van der Waals surface area contributed by atoms with Crippen LogP contribution in [0.5, 0.6) is 0 Å². The number of hydrogen-bond donors (Lipinski definition) is 0. The number of halogens is 2. The van der Waals surface area contributed by atoms with Crippen molar-refractivity contribution in [2.45, 2.75) is 111 Å². The monoisotopic (exact) mass is 742 g/mol. The van der Waals surface area contributed by atoms with Crippen LogP contribution in [-0.4, -0.2) is 0 Å². The van der Waals surface area contributed by atoms with E-state index in [4.69, 9.17) is 0 Å². The first-order valence-corrected chi connectivity index (χ1v) is 18.2. The van der Waals surface area contributed by atoms with Crippen LogP contribution in [0.4, 0.5) is 0 Å². The van der Waals surface area contributed by atoms with Crippen molar-refractivity contribution in [1.82, 2.24) is 0 Å². The van der Waals surface area contributed by atoms with Crippen molar-refractivity contribution in [2.24, 2.45) is 0 Å². The third-order valence-corrected chi connectivity index (χ3v) is 13.7. The molecule has 0 spiro atoms. The van der Waals surface area contributed by atoms with Crippen molar-refractivity contribution in [1.29, 1.82) is 0 Å². The summed E-state index contributed by atoms with van der Waals surface area (Å²) in [7, 11) is 0. The SMILES string of the molecule is CCCCCCCCC1(I)c2cc3c(cc2-c2sccc21)C(I)(CCCCCCCC)c1ccsc1-3. The Morgan fingerprint density at radius 1 is 0.556 bits per heavy atom. The zero-order valence-electron chi connectivity index (χ0n) is 21.9. The Bertz CT molecular complexity index is 1080. The molecule has 0 amide bonds. The Labute approximate surface area is 254 Å².